The van der Waals surface area contributed by atoms with Gasteiger partial charge in [0.15, 0.2) is 5.78 Å². The van der Waals surface area contributed by atoms with E-state index < -0.39 is 0 Å². The molecule has 0 amide bonds. The highest BCUT2D eigenvalue weighted by molar-refractivity contribution is 6.06. The molecule has 0 aromatic carbocycles. The molecule has 2 aliphatic rings. The third-order valence-corrected chi connectivity index (χ3v) is 5.76. The fourth-order valence-corrected chi connectivity index (χ4v) is 3.68. The van der Waals surface area contributed by atoms with Gasteiger partial charge in [0, 0.05) is 11.5 Å². The number of esters is 1. The number of carbonyl (C=O) groups excluding carboxylic acids is 2. The maximum Gasteiger partial charge on any atom is 0.333 e. The standard InChI is InChI=1S/C20H28O3/c1-7-13(4)19(22)23-18-9-8-15-10-17(21)16(12(2)3)11-20(15,6)14(18)5/h7,10,14,18H,8-9,11H2,1-6H3/t14?,18?,20-/m1/s1. The molecule has 1 saturated carbocycles. The average Bonchev–Trinajstić information content (AvgIpc) is 2.50. The van der Waals surface area contributed by atoms with Crippen LogP contribution in [-0.2, 0) is 14.3 Å². The van der Waals surface area contributed by atoms with Crippen LogP contribution in [0.1, 0.15) is 60.8 Å². The highest BCUT2D eigenvalue weighted by atomic mass is 16.5. The van der Waals surface area contributed by atoms with Crippen molar-refractivity contribution in [2.24, 2.45) is 11.3 Å². The molecule has 0 bridgehead atoms. The van der Waals surface area contributed by atoms with Gasteiger partial charge in [0.05, 0.1) is 0 Å². The molecule has 0 aromatic rings. The fraction of sp³-hybridized carbons (Fsp3) is 0.600. The number of ether oxygens (including phenoxy) is 1. The van der Waals surface area contributed by atoms with Crippen molar-refractivity contribution < 1.29 is 14.3 Å². The van der Waals surface area contributed by atoms with E-state index in [9.17, 15) is 9.59 Å². The Morgan fingerprint density at radius 3 is 2.57 bits per heavy atom. The summed E-state index contributed by atoms with van der Waals surface area (Å²) in [6.45, 7) is 12.0. The first kappa shape index (κ1) is 17.7. The fourth-order valence-electron chi connectivity index (χ4n) is 3.68. The SMILES string of the molecule is CC=C(C)C(=O)OC1CCC2=CC(=O)C(=C(C)C)C[C@]2(C)C1C. The zero-order valence-electron chi connectivity index (χ0n) is 15.2. The molecular weight excluding hydrogens is 288 g/mol. The van der Waals surface area contributed by atoms with E-state index in [0.29, 0.717) is 5.57 Å². The molecule has 0 saturated heterocycles. The van der Waals surface area contributed by atoms with E-state index in [4.69, 9.17) is 4.74 Å². The van der Waals surface area contributed by atoms with Crippen LogP contribution in [-0.4, -0.2) is 17.9 Å². The van der Waals surface area contributed by atoms with Crippen molar-refractivity contribution in [2.45, 2.75) is 66.9 Å². The van der Waals surface area contributed by atoms with Gasteiger partial charge in [-0.15, -0.1) is 0 Å². The van der Waals surface area contributed by atoms with Crippen LogP contribution in [0.2, 0.25) is 0 Å². The minimum Gasteiger partial charge on any atom is -0.459 e. The maximum absolute atomic E-state index is 12.3. The summed E-state index contributed by atoms with van der Waals surface area (Å²) in [7, 11) is 0. The van der Waals surface area contributed by atoms with Gasteiger partial charge in [0.2, 0.25) is 0 Å². The lowest BCUT2D eigenvalue weighted by Gasteiger charge is -2.48. The van der Waals surface area contributed by atoms with Crippen LogP contribution < -0.4 is 0 Å². The summed E-state index contributed by atoms with van der Waals surface area (Å²) < 4.78 is 5.76. The molecular formula is C20H28O3. The Balaban J connectivity index is 2.29. The van der Waals surface area contributed by atoms with Gasteiger partial charge < -0.3 is 4.74 Å². The number of ketones is 1. The van der Waals surface area contributed by atoms with Crippen LogP contribution in [0.3, 0.4) is 0 Å². The van der Waals surface area contributed by atoms with Crippen LogP contribution >= 0.6 is 0 Å². The van der Waals surface area contributed by atoms with E-state index in [1.54, 1.807) is 13.0 Å². The molecule has 0 aliphatic heterocycles. The third-order valence-electron chi connectivity index (χ3n) is 5.76. The summed E-state index contributed by atoms with van der Waals surface area (Å²) in [6.07, 6.45) is 5.89. The van der Waals surface area contributed by atoms with Crippen LogP contribution in [0.5, 0.6) is 0 Å². The summed E-state index contributed by atoms with van der Waals surface area (Å²) in [6, 6.07) is 0. The number of carbonyl (C=O) groups is 2. The largest absolute Gasteiger partial charge is 0.459 e. The lowest BCUT2D eigenvalue weighted by Crippen LogP contribution is -2.45. The van der Waals surface area contributed by atoms with Crippen molar-refractivity contribution in [3.05, 3.63) is 34.4 Å². The van der Waals surface area contributed by atoms with Crippen molar-refractivity contribution in [2.75, 3.05) is 0 Å². The van der Waals surface area contributed by atoms with E-state index >= 15 is 0 Å². The van der Waals surface area contributed by atoms with Crippen LogP contribution in [0.25, 0.3) is 0 Å². The Labute approximate surface area is 139 Å². The van der Waals surface area contributed by atoms with E-state index in [0.717, 1.165) is 30.4 Å². The highest BCUT2D eigenvalue weighted by Crippen LogP contribution is 2.52. The van der Waals surface area contributed by atoms with Crippen LogP contribution in [0, 0.1) is 11.3 Å². The van der Waals surface area contributed by atoms with Crippen molar-refractivity contribution in [3.8, 4) is 0 Å². The molecule has 3 heteroatoms. The minimum atomic E-state index is -0.227. The number of fused-ring (bicyclic) bond motifs is 1. The van der Waals surface area contributed by atoms with Gasteiger partial charge in [-0.25, -0.2) is 4.79 Å². The Bertz CT molecular complexity index is 617. The zero-order valence-corrected chi connectivity index (χ0v) is 15.2. The molecule has 126 valence electrons. The van der Waals surface area contributed by atoms with Crippen molar-refractivity contribution in [1.82, 2.24) is 0 Å². The summed E-state index contributed by atoms with van der Waals surface area (Å²) in [4.78, 5) is 24.4. The molecule has 23 heavy (non-hydrogen) atoms. The Kier molecular flexibility index (Phi) is 4.98. The Hall–Kier alpha value is -1.64. The number of rotatable bonds is 2. The Morgan fingerprint density at radius 1 is 1.35 bits per heavy atom. The number of hydrogen-bond acceptors (Lipinski definition) is 3. The smallest absolute Gasteiger partial charge is 0.333 e. The van der Waals surface area contributed by atoms with Crippen molar-refractivity contribution in [1.29, 1.82) is 0 Å². The van der Waals surface area contributed by atoms with Gasteiger partial charge in [0.1, 0.15) is 6.10 Å². The normalized spacial score (nSPS) is 31.4. The Morgan fingerprint density at radius 2 is 2.00 bits per heavy atom. The highest BCUT2D eigenvalue weighted by Gasteiger charge is 2.47. The summed E-state index contributed by atoms with van der Waals surface area (Å²) in [5, 5.41) is 0. The first-order valence-corrected chi connectivity index (χ1v) is 8.46. The predicted molar refractivity (Wildman–Crippen MR) is 91.9 cm³/mol. The van der Waals surface area contributed by atoms with Gasteiger partial charge in [-0.2, -0.15) is 0 Å². The van der Waals surface area contributed by atoms with Gasteiger partial charge >= 0.3 is 5.97 Å². The molecule has 0 N–H and O–H groups in total. The first-order chi connectivity index (χ1) is 10.7. The quantitative estimate of drug-likeness (QED) is 0.555. The molecule has 3 nitrogen and oxygen atoms in total. The summed E-state index contributed by atoms with van der Waals surface area (Å²) in [5.41, 5.74) is 3.76. The van der Waals surface area contributed by atoms with Gasteiger partial charge in [-0.1, -0.05) is 31.1 Å². The molecule has 2 rings (SSSR count). The predicted octanol–water partition coefficient (Wildman–Crippen LogP) is 4.54. The van der Waals surface area contributed by atoms with Gasteiger partial charge in [0.25, 0.3) is 0 Å². The molecule has 2 aliphatic carbocycles. The molecule has 0 heterocycles. The monoisotopic (exact) mass is 316 g/mol. The van der Waals surface area contributed by atoms with Crippen molar-refractivity contribution >= 4 is 11.8 Å². The van der Waals surface area contributed by atoms with E-state index in [1.165, 1.54) is 5.57 Å². The van der Waals surface area contributed by atoms with Gasteiger partial charge in [-0.3, -0.25) is 4.79 Å². The third kappa shape index (κ3) is 3.19. The van der Waals surface area contributed by atoms with E-state index in [1.807, 2.05) is 26.8 Å². The van der Waals surface area contributed by atoms with Crippen molar-refractivity contribution in [3.63, 3.8) is 0 Å². The van der Waals surface area contributed by atoms with Crippen LogP contribution in [0.15, 0.2) is 34.4 Å². The van der Waals surface area contributed by atoms with Crippen LogP contribution in [0.4, 0.5) is 0 Å². The number of hydrogen-bond donors (Lipinski definition) is 0. The molecule has 2 unspecified atom stereocenters. The second kappa shape index (κ2) is 6.46. The molecule has 0 aromatic heterocycles. The average molecular weight is 316 g/mol. The number of allylic oxidation sites excluding steroid dienone is 5. The topological polar surface area (TPSA) is 43.4 Å². The summed E-state index contributed by atoms with van der Waals surface area (Å²) in [5.74, 6) is 0.123. The molecule has 3 atom stereocenters. The molecule has 1 fully saturated rings. The minimum absolute atomic E-state index is 0.0915. The lowest BCUT2D eigenvalue weighted by atomic mass is 9.58. The zero-order chi connectivity index (χ0) is 17.4. The molecule has 0 radical (unpaired) electrons. The second-order valence-corrected chi connectivity index (χ2v) is 7.35. The summed E-state index contributed by atoms with van der Waals surface area (Å²) >= 11 is 0. The first-order valence-electron chi connectivity index (χ1n) is 8.46. The molecule has 0 spiro atoms. The van der Waals surface area contributed by atoms with E-state index in [-0.39, 0.29) is 29.2 Å². The second-order valence-electron chi connectivity index (χ2n) is 7.35. The van der Waals surface area contributed by atoms with Gasteiger partial charge in [-0.05, 0) is 64.0 Å². The van der Waals surface area contributed by atoms with E-state index in [2.05, 4.69) is 13.8 Å². The lowest BCUT2D eigenvalue weighted by molar-refractivity contribution is -0.151. The maximum atomic E-state index is 12.3.